The van der Waals surface area contributed by atoms with Gasteiger partial charge in [-0.15, -0.1) is 11.3 Å². The summed E-state index contributed by atoms with van der Waals surface area (Å²) in [6.45, 7) is 7.67. The van der Waals surface area contributed by atoms with E-state index in [0.29, 0.717) is 32.8 Å². The van der Waals surface area contributed by atoms with Crippen LogP contribution >= 0.6 is 22.9 Å². The van der Waals surface area contributed by atoms with Gasteiger partial charge in [-0.05, 0) is 63.1 Å². The second kappa shape index (κ2) is 10.2. The van der Waals surface area contributed by atoms with Crippen LogP contribution in [0, 0.1) is 6.92 Å². The molecule has 1 unspecified atom stereocenters. The molecule has 0 bridgehead atoms. The Labute approximate surface area is 196 Å². The zero-order chi connectivity index (χ0) is 23.4. The molecule has 32 heavy (non-hydrogen) atoms. The summed E-state index contributed by atoms with van der Waals surface area (Å²) in [6.07, 6.45) is 3.16. The van der Waals surface area contributed by atoms with Crippen LogP contribution in [-0.2, 0) is 14.3 Å². The zero-order valence-corrected chi connectivity index (χ0v) is 20.1. The summed E-state index contributed by atoms with van der Waals surface area (Å²) >= 11 is 7.15. The first-order valence-electron chi connectivity index (χ1n) is 9.99. The van der Waals surface area contributed by atoms with Crippen molar-refractivity contribution in [2.75, 3.05) is 24.1 Å². The molecule has 9 heteroatoms. The largest absolute Gasteiger partial charge is 0.469 e. The average Bonchev–Trinajstić information content (AvgIpc) is 3.10. The number of anilines is 2. The SMILES string of the molecule is CCON(c1sc(C(=O)Nc2cccc(Cl)c2)c(C)c1C(=O)OC)C1C=CC(C)=C(C)O1. The van der Waals surface area contributed by atoms with Crippen molar-refractivity contribution in [3.8, 4) is 0 Å². The van der Waals surface area contributed by atoms with Crippen LogP contribution in [0.1, 0.15) is 46.4 Å². The third-order valence-corrected chi connectivity index (χ3v) is 6.38. The molecule has 7 nitrogen and oxygen atoms in total. The van der Waals surface area contributed by atoms with Crippen molar-refractivity contribution in [3.63, 3.8) is 0 Å². The van der Waals surface area contributed by atoms with Crippen molar-refractivity contribution in [1.29, 1.82) is 0 Å². The van der Waals surface area contributed by atoms with Gasteiger partial charge in [0.15, 0.2) is 0 Å². The van der Waals surface area contributed by atoms with Crippen LogP contribution in [0.15, 0.2) is 47.7 Å². The molecule has 0 aliphatic carbocycles. The Balaban J connectivity index is 2.03. The van der Waals surface area contributed by atoms with E-state index in [0.717, 1.165) is 22.7 Å². The van der Waals surface area contributed by atoms with Crippen LogP contribution in [0.25, 0.3) is 0 Å². The fourth-order valence-electron chi connectivity index (χ4n) is 3.14. The molecular formula is C23H25ClN2O5S. The van der Waals surface area contributed by atoms with Gasteiger partial charge in [-0.1, -0.05) is 23.7 Å². The predicted octanol–water partition coefficient (Wildman–Crippen LogP) is 5.71. The molecule has 3 rings (SSSR count). The van der Waals surface area contributed by atoms with Crippen molar-refractivity contribution in [2.45, 2.75) is 33.9 Å². The number of thiophene rings is 1. The number of nitrogens with zero attached hydrogens (tertiary/aromatic N) is 1. The topological polar surface area (TPSA) is 77.1 Å². The number of rotatable bonds is 7. The number of hydrogen-bond donors (Lipinski definition) is 1. The number of nitrogens with one attached hydrogen (secondary N) is 1. The van der Waals surface area contributed by atoms with Gasteiger partial charge in [0.05, 0.1) is 24.4 Å². The van der Waals surface area contributed by atoms with E-state index >= 15 is 0 Å². The molecule has 1 aromatic carbocycles. The van der Waals surface area contributed by atoms with Crippen molar-refractivity contribution in [3.05, 3.63) is 68.8 Å². The lowest BCUT2D eigenvalue weighted by Gasteiger charge is -2.32. The monoisotopic (exact) mass is 476 g/mol. The summed E-state index contributed by atoms with van der Waals surface area (Å²) in [5, 5.41) is 5.26. The molecule has 0 radical (unpaired) electrons. The van der Waals surface area contributed by atoms with Crippen LogP contribution in [0.3, 0.4) is 0 Å². The highest BCUT2D eigenvalue weighted by Gasteiger charge is 2.33. The molecule has 1 aromatic heterocycles. The van der Waals surface area contributed by atoms with Crippen molar-refractivity contribution >= 4 is 45.5 Å². The number of halogens is 1. The summed E-state index contributed by atoms with van der Waals surface area (Å²) in [5.41, 5.74) is 2.29. The van der Waals surface area contributed by atoms with Gasteiger partial charge < -0.3 is 14.8 Å². The number of hydrogen-bond acceptors (Lipinski definition) is 7. The fraction of sp³-hybridized carbons (Fsp3) is 0.304. The van der Waals surface area contributed by atoms with Gasteiger partial charge in [-0.3, -0.25) is 9.63 Å². The molecule has 1 N–H and O–H groups in total. The van der Waals surface area contributed by atoms with E-state index in [2.05, 4.69) is 5.32 Å². The quantitative estimate of drug-likeness (QED) is 0.407. The van der Waals surface area contributed by atoms with Gasteiger partial charge in [0.25, 0.3) is 5.91 Å². The molecular weight excluding hydrogens is 452 g/mol. The van der Waals surface area contributed by atoms with E-state index < -0.39 is 12.2 Å². The van der Waals surface area contributed by atoms with E-state index in [4.69, 9.17) is 25.9 Å². The maximum atomic E-state index is 13.1. The standard InChI is InChI=1S/C23H25ClN2O5S/c1-6-30-26(18-11-10-13(2)15(4)31-18)22-19(23(28)29-5)14(3)20(32-22)21(27)25-17-9-7-8-16(24)12-17/h7-12,18H,6H2,1-5H3,(H,25,27). The molecule has 0 fully saturated rings. The van der Waals surface area contributed by atoms with Crippen LogP contribution in [0.5, 0.6) is 0 Å². The minimum absolute atomic E-state index is 0.253. The second-order valence-electron chi connectivity index (χ2n) is 7.04. The van der Waals surface area contributed by atoms with Gasteiger partial charge in [0, 0.05) is 10.7 Å². The lowest BCUT2D eigenvalue weighted by Crippen LogP contribution is -2.37. The number of hydroxylamine groups is 1. The Bertz CT molecular complexity index is 1090. The number of carbonyl (C=O) groups excluding carboxylic acids is 2. The molecule has 0 saturated carbocycles. The van der Waals surface area contributed by atoms with E-state index in [1.807, 2.05) is 32.9 Å². The first kappa shape index (κ1) is 23.8. The van der Waals surface area contributed by atoms with Crippen LogP contribution in [0.4, 0.5) is 10.7 Å². The first-order valence-corrected chi connectivity index (χ1v) is 11.2. The maximum absolute atomic E-state index is 13.1. The molecule has 1 atom stereocenters. The van der Waals surface area contributed by atoms with E-state index in [-0.39, 0.29) is 11.5 Å². The van der Waals surface area contributed by atoms with Gasteiger partial charge >= 0.3 is 5.97 Å². The lowest BCUT2D eigenvalue weighted by atomic mass is 10.1. The summed E-state index contributed by atoms with van der Waals surface area (Å²) in [6, 6.07) is 6.84. The van der Waals surface area contributed by atoms with Gasteiger partial charge in [-0.2, -0.15) is 5.06 Å². The normalized spacial score (nSPS) is 15.4. The Morgan fingerprint density at radius 3 is 2.66 bits per heavy atom. The van der Waals surface area contributed by atoms with Crippen molar-refractivity contribution in [1.82, 2.24) is 0 Å². The Hall–Kier alpha value is -2.81. The number of carbonyl (C=O) groups is 2. The van der Waals surface area contributed by atoms with Crippen LogP contribution in [0.2, 0.25) is 5.02 Å². The molecule has 1 amide bonds. The number of allylic oxidation sites excluding steroid dienone is 3. The summed E-state index contributed by atoms with van der Waals surface area (Å²) in [7, 11) is 1.30. The number of methoxy groups -OCH3 is 1. The molecule has 2 aromatic rings. The molecule has 2 heterocycles. The van der Waals surface area contributed by atoms with Gasteiger partial charge in [-0.25, -0.2) is 4.79 Å². The molecule has 0 saturated heterocycles. The Morgan fingerprint density at radius 2 is 2.03 bits per heavy atom. The smallest absolute Gasteiger partial charge is 0.341 e. The van der Waals surface area contributed by atoms with Crippen LogP contribution in [-0.4, -0.2) is 31.8 Å². The minimum Gasteiger partial charge on any atom is -0.469 e. The molecule has 170 valence electrons. The van der Waals surface area contributed by atoms with Crippen molar-refractivity contribution in [2.24, 2.45) is 0 Å². The number of amides is 1. The fourth-order valence-corrected chi connectivity index (χ4v) is 4.50. The summed E-state index contributed by atoms with van der Waals surface area (Å²) < 4.78 is 11.0. The Kier molecular flexibility index (Phi) is 7.60. The van der Waals surface area contributed by atoms with Gasteiger partial charge in [0.1, 0.15) is 10.6 Å². The lowest BCUT2D eigenvalue weighted by molar-refractivity contribution is 0.0159. The second-order valence-corrected chi connectivity index (χ2v) is 8.48. The third-order valence-electron chi connectivity index (χ3n) is 4.87. The predicted molar refractivity (Wildman–Crippen MR) is 126 cm³/mol. The van der Waals surface area contributed by atoms with E-state index in [1.54, 1.807) is 31.2 Å². The Morgan fingerprint density at radius 1 is 1.28 bits per heavy atom. The highest BCUT2D eigenvalue weighted by atomic mass is 35.5. The van der Waals surface area contributed by atoms with E-state index in [9.17, 15) is 9.59 Å². The highest BCUT2D eigenvalue weighted by molar-refractivity contribution is 7.18. The summed E-state index contributed by atoms with van der Waals surface area (Å²) in [5.74, 6) is -0.188. The molecule has 0 spiro atoms. The highest BCUT2D eigenvalue weighted by Crippen LogP contribution is 2.39. The molecule has 1 aliphatic rings. The zero-order valence-electron chi connectivity index (χ0n) is 18.5. The number of ether oxygens (including phenoxy) is 2. The summed E-state index contributed by atoms with van der Waals surface area (Å²) in [4.78, 5) is 32.0. The number of esters is 1. The minimum atomic E-state index is -0.607. The van der Waals surface area contributed by atoms with Gasteiger partial charge in [0.2, 0.25) is 6.23 Å². The first-order chi connectivity index (χ1) is 15.3. The van der Waals surface area contributed by atoms with E-state index in [1.165, 1.54) is 12.2 Å². The number of benzene rings is 1. The van der Waals surface area contributed by atoms with Crippen molar-refractivity contribution < 1.29 is 23.9 Å². The average molecular weight is 477 g/mol. The van der Waals surface area contributed by atoms with Crippen LogP contribution < -0.4 is 10.4 Å². The third kappa shape index (κ3) is 4.98. The molecule has 1 aliphatic heterocycles. The maximum Gasteiger partial charge on any atom is 0.341 e.